The highest BCUT2D eigenvalue weighted by molar-refractivity contribution is 8.03. The average Bonchev–Trinajstić information content (AvgIpc) is 2.81. The van der Waals surface area contributed by atoms with E-state index in [-0.39, 0.29) is 27.8 Å². The van der Waals surface area contributed by atoms with E-state index in [1.54, 1.807) is 12.1 Å². The minimum Gasteiger partial charge on any atom is -0.468 e. The summed E-state index contributed by atoms with van der Waals surface area (Å²) in [4.78, 5) is 49.0. The van der Waals surface area contributed by atoms with Gasteiger partial charge < -0.3 is 20.1 Å². The number of benzene rings is 1. The fourth-order valence-electron chi connectivity index (χ4n) is 3.22. The smallest absolute Gasteiger partial charge is 0.337 e. The Hall–Kier alpha value is -3.32. The van der Waals surface area contributed by atoms with Crippen molar-refractivity contribution in [2.75, 3.05) is 26.5 Å². The van der Waals surface area contributed by atoms with Crippen molar-refractivity contribution in [1.29, 1.82) is 5.26 Å². The Labute approximate surface area is 190 Å². The summed E-state index contributed by atoms with van der Waals surface area (Å²) in [6.07, 6.45) is 1.79. The molecule has 2 amide bonds. The lowest BCUT2D eigenvalue weighted by molar-refractivity contribution is -0.150. The summed E-state index contributed by atoms with van der Waals surface area (Å²) in [5.41, 5.74) is 0.897. The second-order valence-electron chi connectivity index (χ2n) is 6.93. The third-order valence-corrected chi connectivity index (χ3v) is 5.89. The zero-order chi connectivity index (χ0) is 23.7. The lowest BCUT2D eigenvalue weighted by Crippen LogP contribution is -2.44. The molecule has 1 aliphatic rings. The molecule has 0 fully saturated rings. The molecule has 2 atom stereocenters. The van der Waals surface area contributed by atoms with Gasteiger partial charge in [0.15, 0.2) is 0 Å². The van der Waals surface area contributed by atoms with Crippen molar-refractivity contribution < 1.29 is 28.7 Å². The van der Waals surface area contributed by atoms with Crippen LogP contribution in [-0.2, 0) is 23.9 Å². The van der Waals surface area contributed by atoms with E-state index < -0.39 is 29.7 Å². The highest BCUT2D eigenvalue weighted by Crippen LogP contribution is 2.40. The summed E-state index contributed by atoms with van der Waals surface area (Å²) in [6.45, 7) is 2.56. The van der Waals surface area contributed by atoms with Gasteiger partial charge >= 0.3 is 11.9 Å². The van der Waals surface area contributed by atoms with Crippen LogP contribution in [0, 0.1) is 17.2 Å². The second-order valence-corrected chi connectivity index (χ2v) is 7.91. The molecule has 9 nitrogen and oxygen atoms in total. The first-order valence-corrected chi connectivity index (χ1v) is 11.0. The molecule has 2 rings (SSSR count). The number of hydrogen-bond donors (Lipinski definition) is 2. The summed E-state index contributed by atoms with van der Waals surface area (Å²) in [5.74, 6) is -4.41. The van der Waals surface area contributed by atoms with E-state index in [4.69, 9.17) is 4.74 Å². The fourth-order valence-corrected chi connectivity index (χ4v) is 4.10. The first kappa shape index (κ1) is 24.9. The van der Waals surface area contributed by atoms with Crippen LogP contribution in [0.5, 0.6) is 0 Å². The molecule has 1 aromatic carbocycles. The standard InChI is InChI=1S/C22H25N3O6S/c1-4-5-10-24-16(26)12-32-20-15(11-23)17(18(19(27)25-20)22(29)31-3)13-6-8-14(9-7-13)21(28)30-2/h6-9,17-18H,4-5,10,12H2,1-3H3,(H,24,26)(H,25,27)/t17-,18-/m0/s1. The SMILES string of the molecule is CCCCNC(=O)CSC1=C(C#N)[C@H](c2ccc(C(=O)OC)cc2)[C@H](C(=O)OC)C(=O)N1. The number of carbonyl (C=O) groups excluding carboxylic acids is 4. The van der Waals surface area contributed by atoms with Gasteiger partial charge in [0, 0.05) is 12.5 Å². The Balaban J connectivity index is 2.39. The van der Waals surface area contributed by atoms with Crippen molar-refractivity contribution in [3.63, 3.8) is 0 Å². The summed E-state index contributed by atoms with van der Waals surface area (Å²) < 4.78 is 9.48. The molecular formula is C22H25N3O6S. The summed E-state index contributed by atoms with van der Waals surface area (Å²) in [7, 11) is 2.42. The number of amides is 2. The predicted octanol–water partition coefficient (Wildman–Crippen LogP) is 1.86. The van der Waals surface area contributed by atoms with Gasteiger partial charge in [0.25, 0.3) is 0 Å². The number of esters is 2. The van der Waals surface area contributed by atoms with Crippen molar-refractivity contribution in [2.24, 2.45) is 5.92 Å². The summed E-state index contributed by atoms with van der Waals surface area (Å²) in [6, 6.07) is 8.17. The molecule has 170 valence electrons. The van der Waals surface area contributed by atoms with Gasteiger partial charge in [0.2, 0.25) is 11.8 Å². The minimum absolute atomic E-state index is 0.00139. The van der Waals surface area contributed by atoms with Crippen LogP contribution in [0.2, 0.25) is 0 Å². The first-order valence-electron chi connectivity index (χ1n) is 9.98. The van der Waals surface area contributed by atoms with E-state index in [0.29, 0.717) is 12.1 Å². The minimum atomic E-state index is -1.29. The molecule has 1 heterocycles. The zero-order valence-electron chi connectivity index (χ0n) is 18.1. The number of rotatable bonds is 9. The van der Waals surface area contributed by atoms with E-state index in [0.717, 1.165) is 31.7 Å². The fraction of sp³-hybridized carbons (Fsp3) is 0.409. The van der Waals surface area contributed by atoms with Gasteiger partial charge in [-0.15, -0.1) is 0 Å². The Morgan fingerprint density at radius 3 is 2.44 bits per heavy atom. The second kappa shape index (κ2) is 11.9. The molecule has 0 aliphatic carbocycles. The highest BCUT2D eigenvalue weighted by Gasteiger charge is 2.44. The molecule has 0 saturated heterocycles. The third kappa shape index (κ3) is 5.88. The predicted molar refractivity (Wildman–Crippen MR) is 117 cm³/mol. The number of thioether (sulfide) groups is 1. The quantitative estimate of drug-likeness (QED) is 0.325. The molecule has 0 saturated carbocycles. The third-order valence-electron chi connectivity index (χ3n) is 4.87. The van der Waals surface area contributed by atoms with E-state index >= 15 is 0 Å². The van der Waals surface area contributed by atoms with Gasteiger partial charge in [-0.25, -0.2) is 4.79 Å². The molecule has 2 N–H and O–H groups in total. The molecule has 0 bridgehead atoms. The Morgan fingerprint density at radius 1 is 1.19 bits per heavy atom. The Kier molecular flexibility index (Phi) is 9.28. The number of allylic oxidation sites excluding steroid dienone is 1. The molecular weight excluding hydrogens is 434 g/mol. The molecule has 0 spiro atoms. The van der Waals surface area contributed by atoms with Crippen LogP contribution >= 0.6 is 11.8 Å². The number of hydrogen-bond acceptors (Lipinski definition) is 8. The van der Waals surface area contributed by atoms with E-state index in [1.807, 2.05) is 6.92 Å². The topological polar surface area (TPSA) is 135 Å². The normalized spacial score (nSPS) is 17.8. The maximum atomic E-state index is 12.8. The number of nitriles is 1. The van der Waals surface area contributed by atoms with Crippen LogP contribution < -0.4 is 10.6 Å². The van der Waals surface area contributed by atoms with Gasteiger partial charge in [-0.1, -0.05) is 37.2 Å². The van der Waals surface area contributed by atoms with Gasteiger partial charge in [-0.2, -0.15) is 5.26 Å². The number of nitrogens with zero attached hydrogens (tertiary/aromatic N) is 1. The molecule has 1 aliphatic heterocycles. The monoisotopic (exact) mass is 459 g/mol. The Morgan fingerprint density at radius 2 is 1.88 bits per heavy atom. The number of ether oxygens (including phenoxy) is 2. The van der Waals surface area contributed by atoms with Crippen LogP contribution in [0.3, 0.4) is 0 Å². The van der Waals surface area contributed by atoms with Crippen LogP contribution in [-0.4, -0.2) is 50.3 Å². The first-order chi connectivity index (χ1) is 15.4. The van der Waals surface area contributed by atoms with Crippen molar-refractivity contribution in [3.05, 3.63) is 46.0 Å². The number of methoxy groups -OCH3 is 2. The lowest BCUT2D eigenvalue weighted by Gasteiger charge is -2.31. The van der Waals surface area contributed by atoms with Crippen LogP contribution in [0.25, 0.3) is 0 Å². The lowest BCUT2D eigenvalue weighted by atomic mass is 9.78. The number of nitrogens with one attached hydrogen (secondary N) is 2. The maximum absolute atomic E-state index is 12.8. The van der Waals surface area contributed by atoms with Crippen molar-refractivity contribution in [3.8, 4) is 6.07 Å². The van der Waals surface area contributed by atoms with Crippen molar-refractivity contribution in [1.82, 2.24) is 10.6 Å². The van der Waals surface area contributed by atoms with Crippen LogP contribution in [0.15, 0.2) is 34.9 Å². The van der Waals surface area contributed by atoms with Crippen molar-refractivity contribution in [2.45, 2.75) is 25.7 Å². The molecule has 32 heavy (non-hydrogen) atoms. The largest absolute Gasteiger partial charge is 0.468 e. The molecule has 0 aromatic heterocycles. The average molecular weight is 460 g/mol. The summed E-state index contributed by atoms with van der Waals surface area (Å²) >= 11 is 1.02. The zero-order valence-corrected chi connectivity index (χ0v) is 18.9. The van der Waals surface area contributed by atoms with E-state index in [1.165, 1.54) is 19.2 Å². The van der Waals surface area contributed by atoms with Gasteiger partial charge in [-0.05, 0) is 24.1 Å². The molecule has 0 radical (unpaired) electrons. The molecule has 1 aromatic rings. The van der Waals surface area contributed by atoms with Gasteiger partial charge in [0.1, 0.15) is 5.92 Å². The number of carbonyl (C=O) groups is 4. The number of unbranched alkanes of at least 4 members (excludes halogenated alkanes) is 1. The molecule has 10 heteroatoms. The highest BCUT2D eigenvalue weighted by atomic mass is 32.2. The van der Waals surface area contributed by atoms with E-state index in [9.17, 15) is 24.4 Å². The Bertz CT molecular complexity index is 951. The van der Waals surface area contributed by atoms with Gasteiger partial charge in [-0.3, -0.25) is 14.4 Å². The van der Waals surface area contributed by atoms with Crippen LogP contribution in [0.1, 0.15) is 41.6 Å². The van der Waals surface area contributed by atoms with E-state index in [2.05, 4.69) is 21.4 Å². The molecule has 0 unspecified atom stereocenters. The van der Waals surface area contributed by atoms with Crippen LogP contribution in [0.4, 0.5) is 0 Å². The summed E-state index contributed by atoms with van der Waals surface area (Å²) in [5, 5.41) is 15.4. The van der Waals surface area contributed by atoms with Gasteiger partial charge in [0.05, 0.1) is 42.2 Å². The van der Waals surface area contributed by atoms with Crippen molar-refractivity contribution >= 4 is 35.5 Å². The maximum Gasteiger partial charge on any atom is 0.337 e.